The van der Waals surface area contributed by atoms with Crippen molar-refractivity contribution in [1.29, 1.82) is 0 Å². The van der Waals surface area contributed by atoms with Crippen molar-refractivity contribution in [2.24, 2.45) is 0 Å². The number of aliphatic hydroxyl groups excluding tert-OH is 1. The van der Waals surface area contributed by atoms with Crippen LogP contribution in [0.5, 0.6) is 0 Å². The maximum Gasteiger partial charge on any atom is 0.138 e. The van der Waals surface area contributed by atoms with Gasteiger partial charge in [0.05, 0.1) is 11.0 Å². The normalized spacial score (nSPS) is 13.0. The van der Waals surface area contributed by atoms with Gasteiger partial charge < -0.3 is 9.67 Å². The molecular weight excluding hydrogens is 272 g/mol. The van der Waals surface area contributed by atoms with Gasteiger partial charge in [-0.1, -0.05) is 39.0 Å². The number of hydrogen-bond donors (Lipinski definition) is 1. The Morgan fingerprint density at radius 2 is 1.68 bits per heavy atom. The molecule has 1 atom stereocenters. The highest BCUT2D eigenvalue weighted by molar-refractivity contribution is 5.78. The molecule has 2 rings (SSSR count). The molecule has 0 bridgehead atoms. The van der Waals surface area contributed by atoms with Crippen molar-refractivity contribution < 1.29 is 5.11 Å². The van der Waals surface area contributed by atoms with E-state index in [2.05, 4.69) is 42.5 Å². The quantitative estimate of drug-likeness (QED) is 0.692. The van der Waals surface area contributed by atoms with Crippen molar-refractivity contribution in [2.75, 3.05) is 0 Å². The predicted octanol–water partition coefficient (Wildman–Crippen LogP) is 5.07. The molecule has 1 aromatic heterocycles. The van der Waals surface area contributed by atoms with E-state index in [4.69, 9.17) is 0 Å². The molecule has 22 heavy (non-hydrogen) atoms. The molecule has 122 valence electrons. The smallest absolute Gasteiger partial charge is 0.138 e. The second-order valence-electron chi connectivity index (χ2n) is 6.49. The molecule has 0 spiro atoms. The summed E-state index contributed by atoms with van der Waals surface area (Å²) in [5.74, 6) is 0.800. The van der Waals surface area contributed by atoms with Crippen LogP contribution < -0.4 is 0 Å². The summed E-state index contributed by atoms with van der Waals surface area (Å²) >= 11 is 0. The lowest BCUT2D eigenvalue weighted by molar-refractivity contribution is 0.184. The lowest BCUT2D eigenvalue weighted by Gasteiger charge is -2.11. The van der Waals surface area contributed by atoms with Crippen LogP contribution in [0.25, 0.3) is 11.0 Å². The lowest BCUT2D eigenvalue weighted by Crippen LogP contribution is -2.07. The molecule has 0 amide bonds. The second-order valence-corrected chi connectivity index (χ2v) is 6.49. The number of aryl methyl sites for hydroxylation is 3. The van der Waals surface area contributed by atoms with Gasteiger partial charge in [0.1, 0.15) is 11.9 Å². The van der Waals surface area contributed by atoms with Gasteiger partial charge in [0.25, 0.3) is 0 Å². The molecule has 1 N–H and O–H groups in total. The number of benzene rings is 1. The molecule has 0 aliphatic heterocycles. The maximum absolute atomic E-state index is 10.0. The van der Waals surface area contributed by atoms with Gasteiger partial charge in [-0.25, -0.2) is 4.98 Å². The fraction of sp³-hybridized carbons (Fsp3) is 0.632. The number of aromatic nitrogens is 2. The highest BCUT2D eigenvalue weighted by atomic mass is 16.3. The summed E-state index contributed by atoms with van der Waals surface area (Å²) in [5, 5.41) is 10.0. The van der Waals surface area contributed by atoms with Crippen LogP contribution in [0.3, 0.4) is 0 Å². The average Bonchev–Trinajstić information content (AvgIpc) is 2.81. The number of hydrogen-bond acceptors (Lipinski definition) is 2. The minimum atomic E-state index is -0.520. The first-order valence-corrected chi connectivity index (χ1v) is 8.70. The molecule has 0 aliphatic carbocycles. The van der Waals surface area contributed by atoms with Crippen LogP contribution in [-0.4, -0.2) is 14.7 Å². The first-order valence-electron chi connectivity index (χ1n) is 8.70. The minimum Gasteiger partial charge on any atom is -0.385 e. The Morgan fingerprint density at radius 3 is 2.36 bits per heavy atom. The van der Waals surface area contributed by atoms with E-state index in [1.54, 1.807) is 6.92 Å². The topological polar surface area (TPSA) is 38.0 Å². The van der Waals surface area contributed by atoms with E-state index < -0.39 is 6.10 Å². The largest absolute Gasteiger partial charge is 0.385 e. The summed E-state index contributed by atoms with van der Waals surface area (Å²) in [6.45, 7) is 9.25. The maximum atomic E-state index is 10.0. The van der Waals surface area contributed by atoms with Crippen LogP contribution in [-0.2, 0) is 6.54 Å². The van der Waals surface area contributed by atoms with E-state index >= 15 is 0 Å². The number of fused-ring (bicyclic) bond motifs is 1. The zero-order valence-corrected chi connectivity index (χ0v) is 14.5. The number of aliphatic hydroxyl groups is 1. The van der Waals surface area contributed by atoms with Crippen LogP contribution in [0.1, 0.15) is 75.4 Å². The van der Waals surface area contributed by atoms with E-state index in [-0.39, 0.29) is 0 Å². The zero-order chi connectivity index (χ0) is 16.1. The van der Waals surface area contributed by atoms with Gasteiger partial charge in [-0.3, -0.25) is 0 Å². The molecule has 1 aromatic carbocycles. The molecule has 1 unspecified atom stereocenters. The van der Waals surface area contributed by atoms with E-state index in [9.17, 15) is 5.11 Å². The third-order valence-electron chi connectivity index (χ3n) is 4.50. The fourth-order valence-electron chi connectivity index (χ4n) is 3.00. The second kappa shape index (κ2) is 7.77. The third kappa shape index (κ3) is 3.89. The molecule has 0 radical (unpaired) electrons. The summed E-state index contributed by atoms with van der Waals surface area (Å²) in [6, 6.07) is 4.34. The van der Waals surface area contributed by atoms with Gasteiger partial charge in [0.2, 0.25) is 0 Å². The predicted molar refractivity (Wildman–Crippen MR) is 93.2 cm³/mol. The van der Waals surface area contributed by atoms with Crippen LogP contribution in [0.4, 0.5) is 0 Å². The first kappa shape index (κ1) is 17.0. The van der Waals surface area contributed by atoms with Crippen molar-refractivity contribution in [2.45, 2.75) is 78.9 Å². The van der Waals surface area contributed by atoms with Gasteiger partial charge in [-0.05, 0) is 50.5 Å². The fourth-order valence-corrected chi connectivity index (χ4v) is 3.00. The van der Waals surface area contributed by atoms with Gasteiger partial charge in [-0.2, -0.15) is 0 Å². The van der Waals surface area contributed by atoms with Gasteiger partial charge >= 0.3 is 0 Å². The SMILES string of the molecule is CCCCCCCCn1c(C(C)O)nc2cc(C)c(C)cc21. The van der Waals surface area contributed by atoms with Crippen LogP contribution in [0.2, 0.25) is 0 Å². The molecule has 3 nitrogen and oxygen atoms in total. The summed E-state index contributed by atoms with van der Waals surface area (Å²) in [5.41, 5.74) is 4.71. The zero-order valence-electron chi connectivity index (χ0n) is 14.5. The lowest BCUT2D eigenvalue weighted by atomic mass is 10.1. The Hall–Kier alpha value is -1.35. The number of unbranched alkanes of at least 4 members (excludes halogenated alkanes) is 5. The van der Waals surface area contributed by atoms with E-state index in [1.807, 2.05) is 0 Å². The number of imidazole rings is 1. The third-order valence-corrected chi connectivity index (χ3v) is 4.50. The summed E-state index contributed by atoms with van der Waals surface area (Å²) in [7, 11) is 0. The van der Waals surface area contributed by atoms with Gasteiger partial charge in [0, 0.05) is 6.54 Å². The van der Waals surface area contributed by atoms with Gasteiger partial charge in [0.15, 0.2) is 0 Å². The monoisotopic (exact) mass is 302 g/mol. The highest BCUT2D eigenvalue weighted by Crippen LogP contribution is 2.24. The first-order chi connectivity index (χ1) is 10.5. The van der Waals surface area contributed by atoms with Crippen LogP contribution in [0, 0.1) is 13.8 Å². The molecule has 3 heteroatoms. The molecular formula is C19H30N2O. The highest BCUT2D eigenvalue weighted by Gasteiger charge is 2.15. The molecule has 0 saturated heterocycles. The Balaban J connectivity index is 2.15. The van der Waals surface area contributed by atoms with Gasteiger partial charge in [-0.15, -0.1) is 0 Å². The summed E-state index contributed by atoms with van der Waals surface area (Å²) < 4.78 is 2.21. The van der Waals surface area contributed by atoms with Crippen molar-refractivity contribution in [3.8, 4) is 0 Å². The summed E-state index contributed by atoms with van der Waals surface area (Å²) in [6.07, 6.45) is 7.16. The average molecular weight is 302 g/mol. The molecule has 0 aliphatic rings. The van der Waals surface area contributed by atoms with Crippen molar-refractivity contribution >= 4 is 11.0 Å². The van der Waals surface area contributed by atoms with E-state index in [0.29, 0.717) is 0 Å². The molecule has 2 aromatic rings. The van der Waals surface area contributed by atoms with E-state index in [0.717, 1.165) is 29.8 Å². The standard InChI is InChI=1S/C19H30N2O/c1-5-6-7-8-9-10-11-21-18-13-15(3)14(2)12-17(18)20-19(21)16(4)22/h12-13,16,22H,5-11H2,1-4H3. The van der Waals surface area contributed by atoms with Crippen LogP contribution in [0.15, 0.2) is 12.1 Å². The van der Waals surface area contributed by atoms with Crippen molar-refractivity contribution in [1.82, 2.24) is 9.55 Å². The molecule has 0 saturated carbocycles. The molecule has 1 heterocycles. The Bertz CT molecular complexity index is 613. The van der Waals surface area contributed by atoms with Crippen LogP contribution >= 0.6 is 0 Å². The van der Waals surface area contributed by atoms with E-state index in [1.165, 1.54) is 43.2 Å². The Kier molecular flexibility index (Phi) is 6.01. The Labute approximate surface area is 134 Å². The number of nitrogens with zero attached hydrogens (tertiary/aromatic N) is 2. The minimum absolute atomic E-state index is 0.520. The Morgan fingerprint density at radius 1 is 1.05 bits per heavy atom. The van der Waals surface area contributed by atoms with Crippen molar-refractivity contribution in [3.05, 3.63) is 29.1 Å². The van der Waals surface area contributed by atoms with Crippen molar-refractivity contribution in [3.63, 3.8) is 0 Å². The molecule has 0 fully saturated rings. The number of rotatable bonds is 8. The summed E-state index contributed by atoms with van der Waals surface area (Å²) in [4.78, 5) is 4.66.